The van der Waals surface area contributed by atoms with Gasteiger partial charge in [-0.15, -0.1) is 0 Å². The van der Waals surface area contributed by atoms with E-state index in [1.807, 2.05) is 26.0 Å². The molecule has 2 aromatic carbocycles. The molecule has 4 rings (SSSR count). The minimum atomic E-state index is -0.650. The van der Waals surface area contributed by atoms with Crippen LogP contribution in [0.1, 0.15) is 11.1 Å². The molecule has 0 aliphatic heterocycles. The maximum atomic E-state index is 13.3. The average molecular weight is 430 g/mol. The summed E-state index contributed by atoms with van der Waals surface area (Å²) in [7, 11) is 1.55. The SMILES string of the molecule is COc1ccc(-n2c(=O)n(CC(=O)Nc3cccc(C)c3C)c(=O)c3cccnc32)cc1. The number of aryl methyl sites for hydroxylation is 1. The highest BCUT2D eigenvalue weighted by molar-refractivity contribution is 5.91. The van der Waals surface area contributed by atoms with E-state index in [1.54, 1.807) is 49.6 Å². The lowest BCUT2D eigenvalue weighted by Gasteiger charge is -2.14. The molecule has 4 aromatic rings. The molecular formula is C24H22N4O4. The van der Waals surface area contributed by atoms with Crippen LogP contribution in [0.5, 0.6) is 5.75 Å². The number of nitrogens with zero attached hydrogens (tertiary/aromatic N) is 3. The van der Waals surface area contributed by atoms with Crippen LogP contribution in [-0.4, -0.2) is 27.1 Å². The Hall–Kier alpha value is -4.20. The molecule has 0 aliphatic carbocycles. The van der Waals surface area contributed by atoms with Crippen LogP contribution in [-0.2, 0) is 11.3 Å². The Bertz CT molecular complexity index is 1440. The molecule has 8 nitrogen and oxygen atoms in total. The predicted molar refractivity (Wildman–Crippen MR) is 123 cm³/mol. The highest BCUT2D eigenvalue weighted by atomic mass is 16.5. The molecule has 0 saturated carbocycles. The summed E-state index contributed by atoms with van der Waals surface area (Å²) in [5.74, 6) is 0.155. The van der Waals surface area contributed by atoms with Crippen molar-refractivity contribution in [3.05, 3.63) is 92.8 Å². The molecule has 2 aromatic heterocycles. The fourth-order valence-electron chi connectivity index (χ4n) is 3.51. The summed E-state index contributed by atoms with van der Waals surface area (Å²) < 4.78 is 7.43. The van der Waals surface area contributed by atoms with Crippen LogP contribution >= 0.6 is 0 Å². The molecule has 0 unspecified atom stereocenters. The minimum Gasteiger partial charge on any atom is -0.497 e. The van der Waals surface area contributed by atoms with Gasteiger partial charge in [-0.3, -0.25) is 9.59 Å². The highest BCUT2D eigenvalue weighted by Gasteiger charge is 2.18. The van der Waals surface area contributed by atoms with Crippen LogP contribution in [0.15, 0.2) is 70.4 Å². The molecule has 162 valence electrons. The first-order valence-electron chi connectivity index (χ1n) is 10.0. The summed E-state index contributed by atoms with van der Waals surface area (Å²) in [4.78, 5) is 43.4. The molecule has 8 heteroatoms. The number of methoxy groups -OCH3 is 1. The Morgan fingerprint density at radius 1 is 1.03 bits per heavy atom. The third-order valence-corrected chi connectivity index (χ3v) is 5.41. The minimum absolute atomic E-state index is 0.221. The largest absolute Gasteiger partial charge is 0.497 e. The quantitative estimate of drug-likeness (QED) is 0.525. The molecule has 1 amide bonds. The number of carbonyl (C=O) groups excluding carboxylic acids is 1. The Kier molecular flexibility index (Phi) is 5.59. The summed E-state index contributed by atoms with van der Waals surface area (Å²) in [6.07, 6.45) is 1.51. The normalized spacial score (nSPS) is 10.8. The predicted octanol–water partition coefficient (Wildman–Crippen LogP) is 2.81. The number of ether oxygens (including phenoxy) is 1. The van der Waals surface area contributed by atoms with Gasteiger partial charge in [0.15, 0.2) is 5.65 Å². The number of aromatic nitrogens is 3. The Labute approximate surface area is 183 Å². The van der Waals surface area contributed by atoms with E-state index < -0.39 is 23.7 Å². The third kappa shape index (κ3) is 3.78. The first-order chi connectivity index (χ1) is 15.4. The second-order valence-electron chi connectivity index (χ2n) is 7.38. The first-order valence-corrected chi connectivity index (χ1v) is 10.0. The summed E-state index contributed by atoms with van der Waals surface area (Å²) in [5.41, 5.74) is 2.09. The van der Waals surface area contributed by atoms with Gasteiger partial charge >= 0.3 is 5.69 Å². The average Bonchev–Trinajstić information content (AvgIpc) is 2.80. The summed E-state index contributed by atoms with van der Waals surface area (Å²) in [5, 5.41) is 3.04. The smallest absolute Gasteiger partial charge is 0.337 e. The number of benzene rings is 2. The first kappa shape index (κ1) is 21.0. The maximum absolute atomic E-state index is 13.3. The van der Waals surface area contributed by atoms with E-state index in [0.29, 0.717) is 17.1 Å². The summed E-state index contributed by atoms with van der Waals surface area (Å²) >= 11 is 0. The third-order valence-electron chi connectivity index (χ3n) is 5.41. The molecular weight excluding hydrogens is 408 g/mol. The maximum Gasteiger partial charge on any atom is 0.337 e. The molecule has 0 atom stereocenters. The van der Waals surface area contributed by atoms with Crippen molar-refractivity contribution in [3.8, 4) is 11.4 Å². The van der Waals surface area contributed by atoms with Gasteiger partial charge in [-0.1, -0.05) is 12.1 Å². The second kappa shape index (κ2) is 8.50. The van der Waals surface area contributed by atoms with Crippen LogP contribution in [0.2, 0.25) is 0 Å². The molecule has 1 N–H and O–H groups in total. The van der Waals surface area contributed by atoms with E-state index in [-0.39, 0.29) is 11.0 Å². The van der Waals surface area contributed by atoms with Gasteiger partial charge < -0.3 is 10.1 Å². The van der Waals surface area contributed by atoms with Crippen LogP contribution in [0.4, 0.5) is 5.69 Å². The molecule has 0 aliphatic rings. The Balaban J connectivity index is 1.81. The van der Waals surface area contributed by atoms with Crippen LogP contribution in [0, 0.1) is 13.8 Å². The van der Waals surface area contributed by atoms with Crippen molar-refractivity contribution in [1.82, 2.24) is 14.1 Å². The van der Waals surface area contributed by atoms with Crippen molar-refractivity contribution in [2.45, 2.75) is 20.4 Å². The van der Waals surface area contributed by atoms with Gasteiger partial charge in [-0.05, 0) is 67.4 Å². The molecule has 0 spiro atoms. The van der Waals surface area contributed by atoms with Crippen molar-refractivity contribution in [2.75, 3.05) is 12.4 Å². The van der Waals surface area contributed by atoms with Gasteiger partial charge in [-0.25, -0.2) is 18.9 Å². The van der Waals surface area contributed by atoms with Crippen molar-refractivity contribution < 1.29 is 9.53 Å². The van der Waals surface area contributed by atoms with Crippen molar-refractivity contribution in [2.24, 2.45) is 0 Å². The number of amides is 1. The van der Waals surface area contributed by atoms with Crippen LogP contribution in [0.25, 0.3) is 16.7 Å². The monoisotopic (exact) mass is 430 g/mol. The lowest BCUT2D eigenvalue weighted by molar-refractivity contribution is -0.116. The van der Waals surface area contributed by atoms with Crippen LogP contribution in [0.3, 0.4) is 0 Å². The second-order valence-corrected chi connectivity index (χ2v) is 7.38. The number of hydrogen-bond donors (Lipinski definition) is 1. The van der Waals surface area contributed by atoms with E-state index in [4.69, 9.17) is 4.74 Å². The molecule has 0 saturated heterocycles. The number of carbonyl (C=O) groups is 1. The number of pyridine rings is 1. The molecule has 0 radical (unpaired) electrons. The fourth-order valence-corrected chi connectivity index (χ4v) is 3.51. The zero-order chi connectivity index (χ0) is 22.8. The Morgan fingerprint density at radius 3 is 2.50 bits per heavy atom. The number of hydrogen-bond acceptors (Lipinski definition) is 5. The van der Waals surface area contributed by atoms with Crippen molar-refractivity contribution >= 4 is 22.6 Å². The Morgan fingerprint density at radius 2 is 1.78 bits per heavy atom. The lowest BCUT2D eigenvalue weighted by atomic mass is 10.1. The van der Waals surface area contributed by atoms with Crippen LogP contribution < -0.4 is 21.3 Å². The fraction of sp³-hybridized carbons (Fsp3) is 0.167. The summed E-state index contributed by atoms with van der Waals surface area (Å²) in [6.45, 7) is 3.42. The lowest BCUT2D eigenvalue weighted by Crippen LogP contribution is -2.42. The zero-order valence-electron chi connectivity index (χ0n) is 18.0. The number of nitrogens with one attached hydrogen (secondary N) is 1. The van der Waals surface area contributed by atoms with Gasteiger partial charge in [0.2, 0.25) is 5.91 Å². The topological polar surface area (TPSA) is 95.2 Å². The molecule has 0 fully saturated rings. The van der Waals surface area contributed by atoms with E-state index in [9.17, 15) is 14.4 Å². The van der Waals surface area contributed by atoms with Gasteiger partial charge in [0.05, 0.1) is 18.2 Å². The van der Waals surface area contributed by atoms with Gasteiger partial charge in [0, 0.05) is 11.9 Å². The van der Waals surface area contributed by atoms with E-state index in [0.717, 1.165) is 15.7 Å². The zero-order valence-corrected chi connectivity index (χ0v) is 18.0. The van der Waals surface area contributed by atoms with Gasteiger partial charge in [0.25, 0.3) is 5.56 Å². The van der Waals surface area contributed by atoms with Crippen molar-refractivity contribution in [1.29, 1.82) is 0 Å². The molecule has 0 bridgehead atoms. The highest BCUT2D eigenvalue weighted by Crippen LogP contribution is 2.18. The molecule has 32 heavy (non-hydrogen) atoms. The van der Waals surface area contributed by atoms with Crippen molar-refractivity contribution in [3.63, 3.8) is 0 Å². The summed E-state index contributed by atoms with van der Waals surface area (Å²) in [6, 6.07) is 15.6. The number of rotatable bonds is 5. The number of anilines is 1. The standard InChI is InChI=1S/C24H22N4O4/c1-15-6-4-8-20(16(15)2)26-21(29)14-27-23(30)19-7-5-13-25-22(19)28(24(27)31)17-9-11-18(32-3)12-10-17/h4-13H,14H2,1-3H3,(H,26,29). The van der Waals surface area contributed by atoms with Gasteiger partial charge in [-0.2, -0.15) is 0 Å². The van der Waals surface area contributed by atoms with E-state index in [2.05, 4.69) is 10.3 Å². The van der Waals surface area contributed by atoms with E-state index in [1.165, 1.54) is 10.8 Å². The molecule has 2 heterocycles. The number of fused-ring (bicyclic) bond motifs is 1. The van der Waals surface area contributed by atoms with E-state index >= 15 is 0 Å². The van der Waals surface area contributed by atoms with Gasteiger partial charge in [0.1, 0.15) is 12.3 Å².